The molecule has 0 aliphatic carbocycles. The van der Waals surface area contributed by atoms with E-state index in [9.17, 15) is 17.6 Å². The Labute approximate surface area is 244 Å². The Balaban J connectivity index is 1.22. The second-order valence-electron chi connectivity index (χ2n) is 10.2. The van der Waals surface area contributed by atoms with Gasteiger partial charge in [0, 0.05) is 75.2 Å². The molecule has 2 aliphatic rings. The molecule has 3 aromatic carbocycles. The third-order valence-electron chi connectivity index (χ3n) is 7.58. The number of piperazine rings is 2. The molecule has 0 radical (unpaired) electrons. The van der Waals surface area contributed by atoms with Crippen LogP contribution in [0.1, 0.15) is 21.5 Å². The topological polar surface area (TPSA) is 64.2 Å². The Kier molecular flexibility index (Phi) is 8.68. The van der Waals surface area contributed by atoms with Crippen LogP contribution in [-0.2, 0) is 16.6 Å². The van der Waals surface area contributed by atoms with E-state index in [1.807, 2.05) is 30.0 Å². The van der Waals surface area contributed by atoms with Gasteiger partial charge in [0.1, 0.15) is 10.7 Å². The highest BCUT2D eigenvalue weighted by atomic mass is 35.5. The van der Waals surface area contributed by atoms with Crippen molar-refractivity contribution < 1.29 is 17.6 Å². The third kappa shape index (κ3) is 6.29. The number of benzene rings is 3. The van der Waals surface area contributed by atoms with E-state index in [1.165, 1.54) is 34.1 Å². The number of amides is 1. The Hall–Kier alpha value is -2.69. The summed E-state index contributed by atoms with van der Waals surface area (Å²) < 4.78 is 41.8. The first-order valence-electron chi connectivity index (χ1n) is 13.2. The highest BCUT2D eigenvalue weighted by molar-refractivity contribution is 7.89. The van der Waals surface area contributed by atoms with Gasteiger partial charge in [-0.15, -0.1) is 0 Å². The lowest BCUT2D eigenvalue weighted by atomic mass is 10.1. The predicted molar refractivity (Wildman–Crippen MR) is 156 cm³/mol. The molecule has 2 fully saturated rings. The summed E-state index contributed by atoms with van der Waals surface area (Å²) in [4.78, 5) is 19.4. The van der Waals surface area contributed by atoms with Gasteiger partial charge in [-0.05, 0) is 72.6 Å². The van der Waals surface area contributed by atoms with Crippen LogP contribution in [0.4, 0.5) is 10.1 Å². The maximum atomic E-state index is 13.5. The van der Waals surface area contributed by atoms with Gasteiger partial charge in [0.25, 0.3) is 5.91 Å². The van der Waals surface area contributed by atoms with Crippen molar-refractivity contribution in [3.63, 3.8) is 0 Å². The molecule has 1 amide bonds. The molecule has 0 unspecified atom stereocenters. The van der Waals surface area contributed by atoms with Gasteiger partial charge >= 0.3 is 0 Å². The number of anilines is 1. The molecule has 2 heterocycles. The number of hydrogen-bond donors (Lipinski definition) is 0. The Morgan fingerprint density at radius 2 is 1.52 bits per heavy atom. The van der Waals surface area contributed by atoms with Crippen LogP contribution < -0.4 is 4.90 Å². The van der Waals surface area contributed by atoms with Gasteiger partial charge < -0.3 is 9.80 Å². The van der Waals surface area contributed by atoms with Crippen LogP contribution in [0.5, 0.6) is 0 Å². The number of carbonyl (C=O) groups is 1. The van der Waals surface area contributed by atoms with Gasteiger partial charge in [-0.2, -0.15) is 4.31 Å². The summed E-state index contributed by atoms with van der Waals surface area (Å²) in [6.07, 6.45) is 0. The van der Waals surface area contributed by atoms with E-state index < -0.39 is 10.0 Å². The molecule has 2 saturated heterocycles. The summed E-state index contributed by atoms with van der Waals surface area (Å²) in [7, 11) is -3.92. The zero-order valence-corrected chi connectivity index (χ0v) is 24.5. The minimum absolute atomic E-state index is 0.0629. The normalized spacial score (nSPS) is 17.3. The molecule has 0 spiro atoms. The van der Waals surface area contributed by atoms with Gasteiger partial charge in [0.05, 0.1) is 5.02 Å². The van der Waals surface area contributed by atoms with Crippen LogP contribution in [0.2, 0.25) is 10.0 Å². The van der Waals surface area contributed by atoms with Crippen molar-refractivity contribution in [3.8, 4) is 0 Å². The standard InChI is InChI=1S/C29H31Cl2FN4O3S/c1-21-18-24(30)4-2-23(21)20-33-10-12-35(13-11-33)29(37)22-3-9-27(31)28(19-22)40(38,39)36-16-14-34(15-17-36)26-7-5-25(32)6-8-26/h2-9,18-19H,10-17,20H2,1H3. The monoisotopic (exact) mass is 604 g/mol. The van der Waals surface area contributed by atoms with Crippen LogP contribution in [0.15, 0.2) is 65.6 Å². The fourth-order valence-corrected chi connectivity index (χ4v) is 7.33. The van der Waals surface area contributed by atoms with Gasteiger partial charge in [-0.25, -0.2) is 12.8 Å². The average molecular weight is 606 g/mol. The fraction of sp³-hybridized carbons (Fsp3) is 0.345. The molecule has 5 rings (SSSR count). The molecule has 2 aliphatic heterocycles. The first kappa shape index (κ1) is 28.8. The summed E-state index contributed by atoms with van der Waals surface area (Å²) >= 11 is 12.4. The van der Waals surface area contributed by atoms with Crippen LogP contribution in [0, 0.1) is 12.7 Å². The number of sulfonamides is 1. The lowest BCUT2D eigenvalue weighted by molar-refractivity contribution is 0.0628. The number of halogens is 3. The maximum absolute atomic E-state index is 13.5. The summed E-state index contributed by atoms with van der Waals surface area (Å²) in [6.45, 7) is 6.76. The highest BCUT2D eigenvalue weighted by Gasteiger charge is 2.32. The average Bonchev–Trinajstić information content (AvgIpc) is 2.95. The molecule has 11 heteroatoms. The predicted octanol–water partition coefficient (Wildman–Crippen LogP) is 4.91. The van der Waals surface area contributed by atoms with Crippen molar-refractivity contribution in [2.24, 2.45) is 0 Å². The number of nitrogens with zero attached hydrogens (tertiary/aromatic N) is 4. The molecule has 0 atom stereocenters. The fourth-order valence-electron chi connectivity index (χ4n) is 5.18. The Morgan fingerprint density at radius 3 is 2.17 bits per heavy atom. The molecule has 0 saturated carbocycles. The van der Waals surface area contributed by atoms with Crippen molar-refractivity contribution in [1.82, 2.24) is 14.1 Å². The number of aryl methyl sites for hydroxylation is 1. The molecule has 40 heavy (non-hydrogen) atoms. The van der Waals surface area contributed by atoms with Crippen molar-refractivity contribution >= 4 is 44.8 Å². The van der Waals surface area contributed by atoms with Gasteiger partial charge in [0.2, 0.25) is 10.0 Å². The molecule has 212 valence electrons. The summed E-state index contributed by atoms with van der Waals surface area (Å²) in [6, 6.07) is 16.5. The van der Waals surface area contributed by atoms with Gasteiger partial charge in [-0.1, -0.05) is 29.3 Å². The first-order chi connectivity index (χ1) is 19.1. The highest BCUT2D eigenvalue weighted by Crippen LogP contribution is 2.28. The molecular weight excluding hydrogens is 574 g/mol. The third-order valence-corrected chi connectivity index (χ3v) is 10.2. The van der Waals surface area contributed by atoms with Crippen LogP contribution in [0.25, 0.3) is 0 Å². The van der Waals surface area contributed by atoms with E-state index in [2.05, 4.69) is 4.90 Å². The molecule has 0 bridgehead atoms. The lowest BCUT2D eigenvalue weighted by Gasteiger charge is -2.36. The molecular formula is C29H31Cl2FN4O3S. The van der Waals surface area contributed by atoms with E-state index in [-0.39, 0.29) is 34.7 Å². The number of carbonyl (C=O) groups excluding carboxylic acids is 1. The van der Waals surface area contributed by atoms with E-state index in [0.29, 0.717) is 49.9 Å². The first-order valence-corrected chi connectivity index (χ1v) is 15.4. The van der Waals surface area contributed by atoms with Crippen LogP contribution in [0.3, 0.4) is 0 Å². The molecule has 3 aromatic rings. The van der Waals surface area contributed by atoms with E-state index >= 15 is 0 Å². The van der Waals surface area contributed by atoms with Crippen LogP contribution >= 0.6 is 23.2 Å². The van der Waals surface area contributed by atoms with Crippen molar-refractivity contribution in [2.75, 3.05) is 57.3 Å². The largest absolute Gasteiger partial charge is 0.369 e. The smallest absolute Gasteiger partial charge is 0.253 e. The number of rotatable bonds is 6. The lowest BCUT2D eigenvalue weighted by Crippen LogP contribution is -2.49. The van der Waals surface area contributed by atoms with Crippen molar-refractivity contribution in [3.05, 3.63) is 93.2 Å². The molecule has 0 N–H and O–H groups in total. The van der Waals surface area contributed by atoms with Crippen molar-refractivity contribution in [1.29, 1.82) is 0 Å². The maximum Gasteiger partial charge on any atom is 0.253 e. The minimum atomic E-state index is -3.92. The minimum Gasteiger partial charge on any atom is -0.369 e. The Morgan fingerprint density at radius 1 is 0.850 bits per heavy atom. The molecule has 7 nitrogen and oxygen atoms in total. The second kappa shape index (κ2) is 12.0. The summed E-state index contributed by atoms with van der Waals surface area (Å²) in [5.74, 6) is -0.527. The van der Waals surface area contributed by atoms with E-state index in [1.54, 1.807) is 23.1 Å². The van der Waals surface area contributed by atoms with Crippen LogP contribution in [-0.4, -0.2) is 80.8 Å². The Bertz CT molecular complexity index is 1490. The summed E-state index contributed by atoms with van der Waals surface area (Å²) in [5.41, 5.74) is 3.48. The summed E-state index contributed by atoms with van der Waals surface area (Å²) in [5, 5.41) is 0.800. The van der Waals surface area contributed by atoms with Gasteiger partial charge in [0.15, 0.2) is 0 Å². The van der Waals surface area contributed by atoms with Gasteiger partial charge in [-0.3, -0.25) is 9.69 Å². The zero-order chi connectivity index (χ0) is 28.4. The van der Waals surface area contributed by atoms with E-state index in [0.717, 1.165) is 17.8 Å². The van der Waals surface area contributed by atoms with Crippen molar-refractivity contribution in [2.45, 2.75) is 18.4 Å². The number of hydrogen-bond acceptors (Lipinski definition) is 5. The zero-order valence-electron chi connectivity index (χ0n) is 22.2. The molecule has 0 aromatic heterocycles. The SMILES string of the molecule is Cc1cc(Cl)ccc1CN1CCN(C(=O)c2ccc(Cl)c(S(=O)(=O)N3CCN(c4ccc(F)cc4)CC3)c2)CC1. The quantitative estimate of drug-likeness (QED) is 0.400. The van der Waals surface area contributed by atoms with E-state index in [4.69, 9.17) is 23.2 Å². The second-order valence-corrected chi connectivity index (χ2v) is 12.9.